The molecule has 0 fully saturated rings. The summed E-state index contributed by atoms with van der Waals surface area (Å²) in [6.45, 7) is 4.07. The molecule has 0 aliphatic heterocycles. The predicted octanol–water partition coefficient (Wildman–Crippen LogP) is 3.71. The molecule has 0 aliphatic rings. The van der Waals surface area contributed by atoms with E-state index >= 15 is 0 Å². The number of nitrogen functional groups attached to an aromatic ring is 1. The summed E-state index contributed by atoms with van der Waals surface area (Å²) < 4.78 is 5.69. The molecule has 2 aromatic heterocycles. The Morgan fingerprint density at radius 2 is 2.00 bits per heavy atom. The minimum Gasteiger partial charge on any atom is -0.440 e. The normalized spacial score (nSPS) is 11.1. The Bertz CT molecular complexity index is 747. The fraction of sp³-hybridized carbons (Fsp3) is 0.200. The fourth-order valence-corrected chi connectivity index (χ4v) is 2.94. The number of nitrogens with two attached hydrogens (primary N) is 1. The van der Waals surface area contributed by atoms with Crippen LogP contribution in [-0.2, 0) is 5.75 Å². The van der Waals surface area contributed by atoms with Gasteiger partial charge in [-0.1, -0.05) is 11.8 Å². The third-order valence-corrected chi connectivity index (χ3v) is 3.77. The third kappa shape index (κ3) is 2.77. The van der Waals surface area contributed by atoms with Gasteiger partial charge >= 0.3 is 0 Å². The van der Waals surface area contributed by atoms with E-state index in [1.807, 2.05) is 25.1 Å². The van der Waals surface area contributed by atoms with E-state index in [9.17, 15) is 0 Å². The Kier molecular flexibility index (Phi) is 3.36. The van der Waals surface area contributed by atoms with Gasteiger partial charge in [0.2, 0.25) is 5.89 Å². The van der Waals surface area contributed by atoms with E-state index < -0.39 is 0 Å². The lowest BCUT2D eigenvalue weighted by atomic mass is 10.3. The van der Waals surface area contributed by atoms with Gasteiger partial charge in [-0.2, -0.15) is 0 Å². The minimum atomic E-state index is 0.657. The number of aromatic nitrogens is 2. The molecule has 2 N–H and O–H groups in total. The number of benzene rings is 1. The number of aryl methyl sites for hydroxylation is 2. The zero-order chi connectivity index (χ0) is 14.1. The Balaban J connectivity index is 1.79. The number of oxazole rings is 1. The molecule has 1 aromatic carbocycles. The van der Waals surface area contributed by atoms with Gasteiger partial charge in [-0.05, 0) is 49.7 Å². The highest BCUT2D eigenvalue weighted by Gasteiger charge is 2.07. The van der Waals surface area contributed by atoms with E-state index in [4.69, 9.17) is 10.2 Å². The van der Waals surface area contributed by atoms with Gasteiger partial charge in [-0.25, -0.2) is 9.97 Å². The Labute approximate surface area is 121 Å². The number of rotatable bonds is 3. The average Bonchev–Trinajstić information content (AvgIpc) is 2.77. The lowest BCUT2D eigenvalue weighted by Gasteiger charge is -2.01. The standard InChI is InChI=1S/C15H15N3OS/c1-9-5-10(2)17-15(6-9)20-8-14-18-12-7-11(16)3-4-13(12)19-14/h3-7H,8,16H2,1-2H3. The Hall–Kier alpha value is -2.01. The molecular formula is C15H15N3OS. The quantitative estimate of drug-likeness (QED) is 0.587. The van der Waals surface area contributed by atoms with Crippen molar-refractivity contribution in [2.45, 2.75) is 24.6 Å². The van der Waals surface area contributed by atoms with E-state index in [2.05, 4.69) is 29.0 Å². The van der Waals surface area contributed by atoms with Crippen molar-refractivity contribution in [1.82, 2.24) is 9.97 Å². The summed E-state index contributed by atoms with van der Waals surface area (Å²) in [5.74, 6) is 1.35. The highest BCUT2D eigenvalue weighted by molar-refractivity contribution is 7.98. The van der Waals surface area contributed by atoms with Crippen LogP contribution in [0.3, 0.4) is 0 Å². The van der Waals surface area contributed by atoms with Crippen molar-refractivity contribution < 1.29 is 4.42 Å². The molecule has 4 nitrogen and oxygen atoms in total. The molecule has 2 heterocycles. The first-order valence-corrected chi connectivity index (χ1v) is 7.32. The van der Waals surface area contributed by atoms with Gasteiger partial charge in [0.1, 0.15) is 5.52 Å². The molecule has 0 atom stereocenters. The average molecular weight is 285 g/mol. The van der Waals surface area contributed by atoms with Crippen LogP contribution in [0.15, 0.2) is 39.8 Å². The monoisotopic (exact) mass is 285 g/mol. The maximum absolute atomic E-state index is 5.73. The van der Waals surface area contributed by atoms with Crippen LogP contribution in [0.25, 0.3) is 11.1 Å². The molecular weight excluding hydrogens is 270 g/mol. The third-order valence-electron chi connectivity index (χ3n) is 2.87. The zero-order valence-corrected chi connectivity index (χ0v) is 12.2. The fourth-order valence-electron chi connectivity index (χ4n) is 2.07. The topological polar surface area (TPSA) is 64.9 Å². The number of thioether (sulfide) groups is 1. The van der Waals surface area contributed by atoms with Gasteiger partial charge in [-0.15, -0.1) is 0 Å². The van der Waals surface area contributed by atoms with Gasteiger partial charge in [0.15, 0.2) is 5.58 Å². The number of fused-ring (bicyclic) bond motifs is 1. The number of hydrogen-bond acceptors (Lipinski definition) is 5. The summed E-state index contributed by atoms with van der Waals surface area (Å²) in [7, 11) is 0. The highest BCUT2D eigenvalue weighted by atomic mass is 32.2. The van der Waals surface area contributed by atoms with Gasteiger partial charge < -0.3 is 10.2 Å². The Morgan fingerprint density at radius 3 is 2.80 bits per heavy atom. The lowest BCUT2D eigenvalue weighted by molar-refractivity contribution is 0.556. The SMILES string of the molecule is Cc1cc(C)nc(SCc2nc3cc(N)ccc3o2)c1. The van der Waals surface area contributed by atoms with E-state index in [0.29, 0.717) is 17.3 Å². The molecule has 0 saturated heterocycles. The smallest absolute Gasteiger partial charge is 0.205 e. The van der Waals surface area contributed by atoms with Crippen LogP contribution in [0, 0.1) is 13.8 Å². The van der Waals surface area contributed by atoms with Crippen LogP contribution >= 0.6 is 11.8 Å². The first-order valence-electron chi connectivity index (χ1n) is 6.33. The first kappa shape index (κ1) is 13.0. The lowest BCUT2D eigenvalue weighted by Crippen LogP contribution is -1.88. The van der Waals surface area contributed by atoms with Gasteiger partial charge in [0, 0.05) is 11.4 Å². The molecule has 0 aliphatic carbocycles. The zero-order valence-electron chi connectivity index (χ0n) is 11.4. The molecule has 0 unspecified atom stereocenters. The number of pyridine rings is 1. The van der Waals surface area contributed by atoms with Crippen molar-refractivity contribution in [2.75, 3.05) is 5.73 Å². The summed E-state index contributed by atoms with van der Waals surface area (Å²) in [6, 6.07) is 9.61. The number of anilines is 1. The summed E-state index contributed by atoms with van der Waals surface area (Å²) >= 11 is 1.62. The number of nitrogens with zero attached hydrogens (tertiary/aromatic N) is 2. The molecule has 0 amide bonds. The van der Waals surface area contributed by atoms with Crippen molar-refractivity contribution in [2.24, 2.45) is 0 Å². The van der Waals surface area contributed by atoms with Crippen molar-refractivity contribution >= 4 is 28.5 Å². The molecule has 3 rings (SSSR count). The molecule has 3 aromatic rings. The van der Waals surface area contributed by atoms with Crippen LogP contribution in [0.5, 0.6) is 0 Å². The second-order valence-corrected chi connectivity index (χ2v) is 5.74. The molecule has 0 radical (unpaired) electrons. The summed E-state index contributed by atoms with van der Waals surface area (Å²) in [5, 5.41) is 0.990. The van der Waals surface area contributed by atoms with Crippen LogP contribution in [-0.4, -0.2) is 9.97 Å². The maximum atomic E-state index is 5.73. The van der Waals surface area contributed by atoms with Crippen LogP contribution < -0.4 is 5.73 Å². The first-order chi connectivity index (χ1) is 9.60. The van der Waals surface area contributed by atoms with Crippen molar-refractivity contribution in [3.63, 3.8) is 0 Å². The minimum absolute atomic E-state index is 0.657. The Morgan fingerprint density at radius 1 is 1.15 bits per heavy atom. The van der Waals surface area contributed by atoms with Crippen molar-refractivity contribution in [1.29, 1.82) is 0 Å². The second-order valence-electron chi connectivity index (χ2n) is 4.75. The van der Waals surface area contributed by atoms with Crippen molar-refractivity contribution in [3.8, 4) is 0 Å². The molecule has 0 bridgehead atoms. The molecule has 0 spiro atoms. The number of hydrogen-bond donors (Lipinski definition) is 1. The predicted molar refractivity (Wildman–Crippen MR) is 81.7 cm³/mol. The van der Waals surface area contributed by atoms with Gasteiger partial charge in [0.05, 0.1) is 10.8 Å². The van der Waals surface area contributed by atoms with Crippen LogP contribution in [0.2, 0.25) is 0 Å². The highest BCUT2D eigenvalue weighted by Crippen LogP contribution is 2.25. The molecule has 20 heavy (non-hydrogen) atoms. The van der Waals surface area contributed by atoms with Crippen LogP contribution in [0.4, 0.5) is 5.69 Å². The van der Waals surface area contributed by atoms with E-state index in [1.165, 1.54) is 5.56 Å². The largest absolute Gasteiger partial charge is 0.440 e. The van der Waals surface area contributed by atoms with E-state index in [-0.39, 0.29) is 0 Å². The molecule has 5 heteroatoms. The maximum Gasteiger partial charge on any atom is 0.205 e. The molecule has 0 saturated carbocycles. The summed E-state index contributed by atoms with van der Waals surface area (Å²) in [4.78, 5) is 8.93. The molecule has 102 valence electrons. The second kappa shape index (κ2) is 5.17. The van der Waals surface area contributed by atoms with E-state index in [1.54, 1.807) is 11.8 Å². The van der Waals surface area contributed by atoms with E-state index in [0.717, 1.165) is 21.8 Å². The van der Waals surface area contributed by atoms with Crippen LogP contribution in [0.1, 0.15) is 17.1 Å². The van der Waals surface area contributed by atoms with Gasteiger partial charge in [0.25, 0.3) is 0 Å². The van der Waals surface area contributed by atoms with Gasteiger partial charge in [-0.3, -0.25) is 0 Å². The summed E-state index contributed by atoms with van der Waals surface area (Å²) in [6.07, 6.45) is 0. The summed E-state index contributed by atoms with van der Waals surface area (Å²) in [5.41, 5.74) is 10.2. The van der Waals surface area contributed by atoms with Crippen molar-refractivity contribution in [3.05, 3.63) is 47.5 Å².